The molecule has 0 spiro atoms. The summed E-state index contributed by atoms with van der Waals surface area (Å²) in [6.07, 6.45) is 7.17. The fourth-order valence-electron chi connectivity index (χ4n) is 5.49. The average Bonchev–Trinajstić information content (AvgIpc) is 2.98. The zero-order chi connectivity index (χ0) is 30.0. The van der Waals surface area contributed by atoms with E-state index in [2.05, 4.69) is 5.32 Å². The Bertz CT molecular complexity index is 1400. The van der Waals surface area contributed by atoms with Gasteiger partial charge in [0.1, 0.15) is 6.04 Å². The van der Waals surface area contributed by atoms with Gasteiger partial charge in [-0.3, -0.25) is 13.9 Å². The summed E-state index contributed by atoms with van der Waals surface area (Å²) in [5.74, 6) is -0.336. The topological polar surface area (TPSA) is 86.8 Å². The second-order valence-electron chi connectivity index (χ2n) is 11.0. The summed E-state index contributed by atoms with van der Waals surface area (Å²) in [5, 5.41) is 3.76. The Balaban J connectivity index is 1.56. The lowest BCUT2D eigenvalue weighted by atomic mass is 9.94. The minimum absolute atomic E-state index is 0.0917. The van der Waals surface area contributed by atoms with Crippen molar-refractivity contribution in [3.8, 4) is 0 Å². The lowest BCUT2D eigenvalue weighted by molar-refractivity contribution is -0.141. The zero-order valence-corrected chi connectivity index (χ0v) is 25.7. The van der Waals surface area contributed by atoms with Crippen LogP contribution >= 0.6 is 11.6 Å². The normalized spacial score (nSPS) is 14.6. The summed E-state index contributed by atoms with van der Waals surface area (Å²) >= 11 is 6.00. The second kappa shape index (κ2) is 15.2. The van der Waals surface area contributed by atoms with E-state index in [1.54, 1.807) is 29.2 Å². The van der Waals surface area contributed by atoms with Gasteiger partial charge < -0.3 is 10.2 Å². The van der Waals surface area contributed by atoms with Crippen molar-refractivity contribution in [1.82, 2.24) is 10.2 Å². The Hall–Kier alpha value is -3.36. The van der Waals surface area contributed by atoms with Gasteiger partial charge in [0.2, 0.25) is 21.8 Å². The molecule has 0 aliphatic heterocycles. The molecule has 3 aromatic carbocycles. The monoisotopic (exact) mass is 609 g/mol. The SMILES string of the molecule is CS(=O)(=O)N(CCCC(=O)N(Cc1ccccc1)[C@H](Cc1ccccc1)C(=O)NC1CCCCC1)c1ccc(Cl)cc1. The van der Waals surface area contributed by atoms with Crippen LogP contribution in [0, 0.1) is 0 Å². The lowest BCUT2D eigenvalue weighted by Crippen LogP contribution is -2.52. The van der Waals surface area contributed by atoms with Crippen LogP contribution < -0.4 is 9.62 Å². The van der Waals surface area contributed by atoms with Crippen molar-refractivity contribution in [2.75, 3.05) is 17.1 Å². The van der Waals surface area contributed by atoms with E-state index in [4.69, 9.17) is 11.6 Å². The van der Waals surface area contributed by atoms with Gasteiger partial charge in [0, 0.05) is 37.0 Å². The van der Waals surface area contributed by atoms with Gasteiger partial charge in [-0.25, -0.2) is 8.42 Å². The Morgan fingerprint density at radius 1 is 0.881 bits per heavy atom. The van der Waals surface area contributed by atoms with E-state index in [-0.39, 0.29) is 37.4 Å². The van der Waals surface area contributed by atoms with Gasteiger partial charge in [0.05, 0.1) is 11.9 Å². The van der Waals surface area contributed by atoms with Gasteiger partial charge >= 0.3 is 0 Å². The smallest absolute Gasteiger partial charge is 0.243 e. The highest BCUT2D eigenvalue weighted by molar-refractivity contribution is 7.92. The van der Waals surface area contributed by atoms with Gasteiger partial charge in [0.25, 0.3) is 0 Å². The molecule has 1 saturated carbocycles. The highest BCUT2D eigenvalue weighted by Gasteiger charge is 2.32. The van der Waals surface area contributed by atoms with Crippen LogP contribution in [-0.4, -0.2) is 50.0 Å². The first-order chi connectivity index (χ1) is 20.2. The molecule has 0 unspecified atom stereocenters. The number of hydrogen-bond acceptors (Lipinski definition) is 4. The number of nitrogens with zero attached hydrogens (tertiary/aromatic N) is 2. The molecule has 1 fully saturated rings. The number of hydrogen-bond donors (Lipinski definition) is 1. The molecule has 1 N–H and O–H groups in total. The second-order valence-corrected chi connectivity index (χ2v) is 13.3. The van der Waals surface area contributed by atoms with Crippen LogP contribution in [0.5, 0.6) is 0 Å². The maximum atomic E-state index is 13.9. The molecule has 224 valence electrons. The number of anilines is 1. The van der Waals surface area contributed by atoms with E-state index in [0.717, 1.165) is 43.1 Å². The van der Waals surface area contributed by atoms with E-state index in [9.17, 15) is 18.0 Å². The molecule has 0 heterocycles. The quantitative estimate of drug-likeness (QED) is 0.258. The summed E-state index contributed by atoms with van der Waals surface area (Å²) in [4.78, 5) is 29.5. The number of carbonyl (C=O) groups excluding carboxylic acids is 2. The lowest BCUT2D eigenvalue weighted by Gasteiger charge is -2.34. The van der Waals surface area contributed by atoms with Crippen LogP contribution in [0.2, 0.25) is 5.02 Å². The molecule has 1 atom stereocenters. The Labute approximate surface area is 254 Å². The minimum Gasteiger partial charge on any atom is -0.352 e. The van der Waals surface area contributed by atoms with Crippen molar-refractivity contribution in [3.05, 3.63) is 101 Å². The first kappa shape index (κ1) is 31.6. The molecule has 42 heavy (non-hydrogen) atoms. The molecule has 9 heteroatoms. The van der Waals surface area contributed by atoms with Crippen LogP contribution in [-0.2, 0) is 32.6 Å². The number of benzene rings is 3. The highest BCUT2D eigenvalue weighted by Crippen LogP contribution is 2.23. The molecule has 4 rings (SSSR count). The van der Waals surface area contributed by atoms with Crippen molar-refractivity contribution in [1.29, 1.82) is 0 Å². The van der Waals surface area contributed by atoms with Crippen LogP contribution in [0.1, 0.15) is 56.1 Å². The highest BCUT2D eigenvalue weighted by atomic mass is 35.5. The van der Waals surface area contributed by atoms with Crippen molar-refractivity contribution in [2.45, 2.75) is 70.0 Å². The standard InChI is InChI=1S/C33H40ClN3O4S/c1-42(40,41)37(30-21-19-28(34)20-22-30)23-11-18-32(38)36(25-27-14-7-3-8-15-27)31(24-26-12-5-2-6-13-26)33(39)35-29-16-9-4-10-17-29/h2-3,5-8,12-15,19-22,29,31H,4,9-11,16-18,23-25H2,1H3,(H,35,39)/t31-/m1/s1. The molecular weight excluding hydrogens is 570 g/mol. The summed E-state index contributed by atoms with van der Waals surface area (Å²) < 4.78 is 26.5. The molecule has 0 bridgehead atoms. The Morgan fingerprint density at radius 3 is 2.07 bits per heavy atom. The molecule has 2 amide bonds. The largest absolute Gasteiger partial charge is 0.352 e. The summed E-state index contributed by atoms with van der Waals surface area (Å²) in [5.41, 5.74) is 2.38. The number of nitrogens with one attached hydrogen (secondary N) is 1. The number of carbonyl (C=O) groups is 2. The number of sulfonamides is 1. The fraction of sp³-hybridized carbons (Fsp3) is 0.394. The molecule has 3 aromatic rings. The third kappa shape index (κ3) is 9.33. The maximum absolute atomic E-state index is 13.9. The fourth-order valence-corrected chi connectivity index (χ4v) is 6.58. The van der Waals surface area contributed by atoms with Crippen molar-refractivity contribution in [2.24, 2.45) is 0 Å². The van der Waals surface area contributed by atoms with E-state index in [1.807, 2.05) is 60.7 Å². The first-order valence-corrected chi connectivity index (χ1v) is 16.8. The summed E-state index contributed by atoms with van der Waals surface area (Å²) in [6.45, 7) is 0.408. The number of amides is 2. The van der Waals surface area contributed by atoms with Gasteiger partial charge in [-0.1, -0.05) is 91.5 Å². The van der Waals surface area contributed by atoms with Crippen LogP contribution in [0.4, 0.5) is 5.69 Å². The third-order valence-corrected chi connectivity index (χ3v) is 9.13. The first-order valence-electron chi connectivity index (χ1n) is 14.6. The van der Waals surface area contributed by atoms with Crippen molar-refractivity contribution < 1.29 is 18.0 Å². The molecule has 1 aliphatic carbocycles. The Kier molecular flexibility index (Phi) is 11.4. The molecule has 0 aromatic heterocycles. The van der Waals surface area contributed by atoms with Gasteiger partial charge in [0.15, 0.2) is 0 Å². The van der Waals surface area contributed by atoms with Gasteiger partial charge in [-0.2, -0.15) is 0 Å². The molecular formula is C33H40ClN3O4S. The molecule has 0 saturated heterocycles. The summed E-state index contributed by atoms with van der Waals surface area (Å²) in [6, 6.07) is 25.4. The van der Waals surface area contributed by atoms with E-state index >= 15 is 0 Å². The van der Waals surface area contributed by atoms with Crippen LogP contribution in [0.3, 0.4) is 0 Å². The van der Waals surface area contributed by atoms with Crippen molar-refractivity contribution in [3.63, 3.8) is 0 Å². The average molecular weight is 610 g/mol. The van der Waals surface area contributed by atoms with Gasteiger partial charge in [-0.05, 0) is 54.7 Å². The molecule has 1 aliphatic rings. The number of halogens is 1. The van der Waals surface area contributed by atoms with Crippen LogP contribution in [0.15, 0.2) is 84.9 Å². The van der Waals surface area contributed by atoms with Crippen molar-refractivity contribution >= 4 is 39.1 Å². The van der Waals surface area contributed by atoms with E-state index in [1.165, 1.54) is 10.7 Å². The number of rotatable bonds is 13. The van der Waals surface area contributed by atoms with Gasteiger partial charge in [-0.15, -0.1) is 0 Å². The Morgan fingerprint density at radius 2 is 1.48 bits per heavy atom. The molecule has 7 nitrogen and oxygen atoms in total. The van der Waals surface area contributed by atoms with Crippen LogP contribution in [0.25, 0.3) is 0 Å². The summed E-state index contributed by atoms with van der Waals surface area (Å²) in [7, 11) is -3.58. The predicted octanol–water partition coefficient (Wildman–Crippen LogP) is 5.98. The maximum Gasteiger partial charge on any atom is 0.243 e. The molecule has 0 radical (unpaired) electrons. The minimum atomic E-state index is -3.58. The third-order valence-electron chi connectivity index (χ3n) is 7.69. The predicted molar refractivity (Wildman–Crippen MR) is 169 cm³/mol. The zero-order valence-electron chi connectivity index (χ0n) is 24.1. The van der Waals surface area contributed by atoms with E-state index < -0.39 is 16.1 Å². The van der Waals surface area contributed by atoms with E-state index in [0.29, 0.717) is 23.6 Å².